The van der Waals surface area contributed by atoms with Gasteiger partial charge in [-0.15, -0.1) is 0 Å². The normalized spacial score (nSPS) is 22.0. The number of carbonyl (C=O) groups excluding carboxylic acids is 4. The van der Waals surface area contributed by atoms with Crippen LogP contribution >= 0.6 is 8.60 Å². The van der Waals surface area contributed by atoms with E-state index in [0.717, 1.165) is 31.9 Å². The van der Waals surface area contributed by atoms with E-state index in [1.165, 1.54) is 6.92 Å². The van der Waals surface area contributed by atoms with E-state index in [0.29, 0.717) is 0 Å². The summed E-state index contributed by atoms with van der Waals surface area (Å²) in [7, 11) is -2.17. The van der Waals surface area contributed by atoms with Crippen molar-refractivity contribution in [1.29, 1.82) is 0 Å². The van der Waals surface area contributed by atoms with Gasteiger partial charge in [0.1, 0.15) is 12.7 Å². The van der Waals surface area contributed by atoms with Gasteiger partial charge in [-0.05, 0) is 11.1 Å². The first-order valence-electron chi connectivity index (χ1n) is 12.7. The Kier molecular flexibility index (Phi) is 12.6. The monoisotopic (exact) mass is 592 g/mol. The molecule has 1 heterocycles. The number of ether oxygens (including phenoxy) is 5. The smallest absolute Gasteiger partial charge is 0.335 e. The van der Waals surface area contributed by atoms with Crippen LogP contribution in [0, 0.1) is 0 Å². The number of esters is 4. The molecule has 222 valence electrons. The third kappa shape index (κ3) is 10.8. The van der Waals surface area contributed by atoms with Crippen molar-refractivity contribution in [3.63, 3.8) is 0 Å². The largest absolute Gasteiger partial charge is 0.463 e. The Bertz CT molecular complexity index is 1100. The standard InChI is InChI=1S/C28H33O12P/c1-18(29)33-17-24-25(36-19(2)30)26(37-20(3)31)27(38-21(4)32)28(39-24)40-41(34-15-22-11-7-5-8-12-22)35-16-23-13-9-6-10-14-23/h5-14,24-28H,15-17H2,1-4H3/t24-,25+,26+,27-,28?/m1/s1. The van der Waals surface area contributed by atoms with Crippen molar-refractivity contribution in [2.24, 2.45) is 0 Å². The second-order valence-electron chi connectivity index (χ2n) is 8.91. The fourth-order valence-corrected chi connectivity index (χ4v) is 4.90. The van der Waals surface area contributed by atoms with E-state index in [2.05, 4.69) is 0 Å². The summed E-state index contributed by atoms with van der Waals surface area (Å²) in [5, 5.41) is 0. The van der Waals surface area contributed by atoms with E-state index in [-0.39, 0.29) is 19.8 Å². The lowest BCUT2D eigenvalue weighted by molar-refractivity contribution is -0.290. The van der Waals surface area contributed by atoms with E-state index in [9.17, 15) is 19.2 Å². The maximum atomic E-state index is 12.1. The molecule has 2 aromatic carbocycles. The molecule has 1 fully saturated rings. The first-order valence-corrected chi connectivity index (χ1v) is 13.8. The molecule has 0 radical (unpaired) electrons. The number of hydrogen-bond acceptors (Lipinski definition) is 12. The first-order chi connectivity index (χ1) is 19.6. The van der Waals surface area contributed by atoms with Crippen LogP contribution in [0.4, 0.5) is 0 Å². The molecule has 1 aliphatic heterocycles. The van der Waals surface area contributed by atoms with Gasteiger partial charge in [0.05, 0.1) is 13.2 Å². The zero-order valence-electron chi connectivity index (χ0n) is 23.1. The van der Waals surface area contributed by atoms with Crippen molar-refractivity contribution in [2.45, 2.75) is 71.6 Å². The molecule has 12 nitrogen and oxygen atoms in total. The summed E-state index contributed by atoms with van der Waals surface area (Å²) in [5.74, 6) is -2.86. The molecule has 2 aromatic rings. The molecular weight excluding hydrogens is 559 g/mol. The molecule has 1 unspecified atom stereocenters. The molecule has 0 N–H and O–H groups in total. The Balaban J connectivity index is 1.91. The highest BCUT2D eigenvalue weighted by Crippen LogP contribution is 2.46. The molecule has 0 amide bonds. The lowest BCUT2D eigenvalue weighted by Crippen LogP contribution is -2.62. The zero-order chi connectivity index (χ0) is 29.8. The van der Waals surface area contributed by atoms with Crippen LogP contribution in [0.2, 0.25) is 0 Å². The number of benzene rings is 2. The van der Waals surface area contributed by atoms with Crippen LogP contribution < -0.4 is 0 Å². The van der Waals surface area contributed by atoms with Crippen molar-refractivity contribution < 1.29 is 56.4 Å². The highest BCUT2D eigenvalue weighted by atomic mass is 31.2. The molecule has 1 aliphatic rings. The van der Waals surface area contributed by atoms with Crippen LogP contribution in [0.1, 0.15) is 38.8 Å². The second-order valence-corrected chi connectivity index (χ2v) is 10.1. The average Bonchev–Trinajstić information content (AvgIpc) is 2.92. The van der Waals surface area contributed by atoms with Crippen LogP contribution in [-0.2, 0) is 69.6 Å². The van der Waals surface area contributed by atoms with Gasteiger partial charge in [0.15, 0.2) is 18.3 Å². The minimum absolute atomic E-state index is 0.118. The molecule has 41 heavy (non-hydrogen) atoms. The minimum Gasteiger partial charge on any atom is -0.463 e. The number of rotatable bonds is 13. The van der Waals surface area contributed by atoms with Crippen LogP contribution in [0.3, 0.4) is 0 Å². The summed E-state index contributed by atoms with van der Waals surface area (Å²) >= 11 is 0. The Labute approximate surface area is 239 Å². The van der Waals surface area contributed by atoms with Gasteiger partial charge in [-0.3, -0.25) is 23.7 Å². The molecule has 0 bridgehead atoms. The van der Waals surface area contributed by atoms with Crippen LogP contribution in [-0.4, -0.2) is 61.2 Å². The second kappa shape index (κ2) is 16.1. The molecule has 0 aliphatic carbocycles. The first kappa shape index (κ1) is 32.1. The average molecular weight is 593 g/mol. The predicted molar refractivity (Wildman–Crippen MR) is 142 cm³/mol. The molecule has 0 spiro atoms. The van der Waals surface area contributed by atoms with E-state index in [4.69, 9.17) is 37.3 Å². The summed E-state index contributed by atoms with van der Waals surface area (Å²) in [4.78, 5) is 47.7. The van der Waals surface area contributed by atoms with Crippen LogP contribution in [0.5, 0.6) is 0 Å². The molecule has 1 saturated heterocycles. The number of carbonyl (C=O) groups is 4. The quantitative estimate of drug-likeness (QED) is 0.190. The lowest BCUT2D eigenvalue weighted by Gasteiger charge is -2.44. The zero-order valence-corrected chi connectivity index (χ0v) is 24.0. The van der Waals surface area contributed by atoms with Crippen molar-refractivity contribution in [3.8, 4) is 0 Å². The molecule has 13 heteroatoms. The van der Waals surface area contributed by atoms with Gasteiger partial charge < -0.3 is 32.7 Å². The molecular formula is C28H33O12P. The topological polar surface area (TPSA) is 142 Å². The SMILES string of the molecule is CC(=O)OC[C@H]1OC(OP(OCc2ccccc2)OCc2ccccc2)[C@H](OC(C)=O)[C@@H](OC(C)=O)[C@H]1OC(C)=O. The molecule has 5 atom stereocenters. The van der Waals surface area contributed by atoms with Crippen LogP contribution in [0.25, 0.3) is 0 Å². The summed E-state index contributed by atoms with van der Waals surface area (Å²) in [6.07, 6.45) is -6.68. The molecule has 0 saturated carbocycles. The van der Waals surface area contributed by atoms with Gasteiger partial charge in [-0.1, -0.05) is 60.7 Å². The third-order valence-corrected chi connectivity index (χ3v) is 6.56. The highest BCUT2D eigenvalue weighted by molar-refractivity contribution is 7.41. The number of hydrogen-bond donors (Lipinski definition) is 0. The fourth-order valence-electron chi connectivity index (χ4n) is 3.86. The Morgan fingerprint density at radius 2 is 1.12 bits per heavy atom. The summed E-state index contributed by atoms with van der Waals surface area (Å²) in [6, 6.07) is 18.6. The summed E-state index contributed by atoms with van der Waals surface area (Å²) < 4.78 is 45.5. The van der Waals surface area contributed by atoms with E-state index < -0.39 is 63.2 Å². The van der Waals surface area contributed by atoms with E-state index in [1.54, 1.807) is 0 Å². The van der Waals surface area contributed by atoms with E-state index >= 15 is 0 Å². The van der Waals surface area contributed by atoms with Gasteiger partial charge in [-0.25, -0.2) is 0 Å². The van der Waals surface area contributed by atoms with Crippen molar-refractivity contribution in [3.05, 3.63) is 71.8 Å². The van der Waals surface area contributed by atoms with Crippen molar-refractivity contribution in [1.82, 2.24) is 0 Å². The summed E-state index contributed by atoms with van der Waals surface area (Å²) in [5.41, 5.74) is 1.68. The van der Waals surface area contributed by atoms with Crippen molar-refractivity contribution in [2.75, 3.05) is 6.61 Å². The highest BCUT2D eigenvalue weighted by Gasteiger charge is 2.53. The Morgan fingerprint density at radius 3 is 1.59 bits per heavy atom. The van der Waals surface area contributed by atoms with E-state index in [1.807, 2.05) is 60.7 Å². The molecule has 0 aromatic heterocycles. The lowest BCUT2D eigenvalue weighted by atomic mass is 9.98. The Hall–Kier alpha value is -3.41. The van der Waals surface area contributed by atoms with Crippen LogP contribution in [0.15, 0.2) is 60.7 Å². The minimum atomic E-state index is -2.17. The van der Waals surface area contributed by atoms with Gasteiger partial charge in [0.25, 0.3) is 0 Å². The third-order valence-electron chi connectivity index (χ3n) is 5.50. The van der Waals surface area contributed by atoms with Gasteiger partial charge in [0.2, 0.25) is 6.29 Å². The maximum Gasteiger partial charge on any atom is 0.335 e. The fraction of sp³-hybridized carbons (Fsp3) is 0.429. The van der Waals surface area contributed by atoms with Crippen molar-refractivity contribution >= 4 is 32.5 Å². The Morgan fingerprint density at radius 1 is 0.659 bits per heavy atom. The summed E-state index contributed by atoms with van der Waals surface area (Å²) in [6.45, 7) is 4.47. The maximum absolute atomic E-state index is 12.1. The molecule has 3 rings (SSSR count). The predicted octanol–water partition coefficient (Wildman–Crippen LogP) is 3.75. The van der Waals surface area contributed by atoms with Gasteiger partial charge in [0, 0.05) is 27.7 Å². The van der Waals surface area contributed by atoms with Gasteiger partial charge >= 0.3 is 32.5 Å². The van der Waals surface area contributed by atoms with Gasteiger partial charge in [-0.2, -0.15) is 0 Å².